The molecule has 16 N–H and O–H groups in total. The van der Waals surface area contributed by atoms with Crippen LogP contribution in [0.1, 0.15) is 0 Å². The average molecular weight is 1900 g/mol. The predicted molar refractivity (Wildman–Crippen MR) is 437 cm³/mol. The van der Waals surface area contributed by atoms with Crippen LogP contribution in [-0.4, -0.2) is 126 Å². The molecule has 0 heterocycles. The van der Waals surface area contributed by atoms with Crippen molar-refractivity contribution in [2.75, 3.05) is 45.6 Å². The van der Waals surface area contributed by atoms with Gasteiger partial charge in [0.05, 0.1) is 134 Å². The molecule has 0 fully saturated rings. The molecule has 0 saturated carbocycles. The molecule has 0 spiro atoms. The first-order valence-corrected chi connectivity index (χ1v) is 45.2. The lowest BCUT2D eigenvalue weighted by molar-refractivity contribution is -0.434. The SMILES string of the molecule is Nc1c(N=Nc2ccc(S(=O)(=O)Nc3ccc(N=Nc4ccc(O)c(N=Nc5ccc(NS(=O)(=O)c6ccc(N=Nc7c(S(=O)(=O)O)cc8cc(SOOO)c(N=Nc9ccc(S(=O)(=O)CCOSOOO)cc9)c(O)c8c7N)cc6)cc5)c4O)cc3)cc2)c(S(=O)(=O)O)cc2cc(SOOO)c(N=Nc3ccc(S(=O)(=O)CCOSOOO)cc3)c(O)c12. The van der Waals surface area contributed by atoms with Gasteiger partial charge in [-0.3, -0.25) is 26.9 Å². The Morgan fingerprint density at radius 3 is 0.976 bits per heavy atom. The van der Waals surface area contributed by atoms with Crippen LogP contribution in [0.25, 0.3) is 21.5 Å². The van der Waals surface area contributed by atoms with Gasteiger partial charge in [-0.2, -0.15) is 47.5 Å². The monoisotopic (exact) mass is 1900 g/mol. The summed E-state index contributed by atoms with van der Waals surface area (Å²) in [6.07, 6.45) is 0. The largest absolute Gasteiger partial charge is 0.505 e. The van der Waals surface area contributed by atoms with Crippen LogP contribution in [0.4, 0.5) is 91.0 Å². The van der Waals surface area contributed by atoms with E-state index in [-0.39, 0.29) is 164 Å². The third-order valence-electron chi connectivity index (χ3n) is 16.2. The Labute approximate surface area is 714 Å². The number of phenols is 4. The topological polar surface area (TPSA) is 724 Å². The molecule has 0 aliphatic rings. The van der Waals surface area contributed by atoms with Crippen LogP contribution in [0.2, 0.25) is 0 Å². The fourth-order valence-electron chi connectivity index (χ4n) is 10.5. The molecule has 0 radical (unpaired) electrons. The molecule has 11 rings (SSSR count). The first kappa shape index (κ1) is 93.1. The van der Waals surface area contributed by atoms with Crippen molar-refractivity contribution in [3.8, 4) is 23.0 Å². The second kappa shape index (κ2) is 40.8. The third kappa shape index (κ3) is 23.4. The van der Waals surface area contributed by atoms with Gasteiger partial charge >= 0.3 is 0 Å². The number of phenolic OH excluding ortho intramolecular Hbond substituents is 4. The van der Waals surface area contributed by atoms with Crippen LogP contribution in [0.15, 0.2) is 283 Å². The van der Waals surface area contributed by atoms with Crippen LogP contribution in [-0.2, 0) is 106 Å². The van der Waals surface area contributed by atoms with Gasteiger partial charge < -0.3 is 31.9 Å². The first-order valence-electron chi connectivity index (χ1n) is 33.2. The fraction of sp³-hybridized carbons (Fsp3) is 0.0606. The van der Waals surface area contributed by atoms with Crippen LogP contribution in [0.3, 0.4) is 0 Å². The summed E-state index contributed by atoms with van der Waals surface area (Å²) in [4.78, 5) is -3.14. The summed E-state index contributed by atoms with van der Waals surface area (Å²) < 4.78 is 209. The number of nitrogens with zero attached hydrogens (tertiary/aromatic N) is 12. The number of sulfonamides is 2. The minimum Gasteiger partial charge on any atom is -0.505 e. The minimum atomic E-state index is -5.19. The highest BCUT2D eigenvalue weighted by atomic mass is 32.2. The molecule has 0 aromatic heterocycles. The van der Waals surface area contributed by atoms with Crippen molar-refractivity contribution in [2.24, 2.45) is 61.4 Å². The number of sulfone groups is 2. The molecule has 0 atom stereocenters. The Morgan fingerprint density at radius 1 is 0.339 bits per heavy atom. The van der Waals surface area contributed by atoms with Crippen molar-refractivity contribution in [3.05, 3.63) is 182 Å². The molecule has 11 aromatic rings. The number of nitrogens with two attached hydrogens (primary N) is 2. The van der Waals surface area contributed by atoms with Crippen molar-refractivity contribution >= 4 is 221 Å². The van der Waals surface area contributed by atoms with E-state index in [1.54, 1.807) is 0 Å². The lowest BCUT2D eigenvalue weighted by Gasteiger charge is -2.14. The lowest BCUT2D eigenvalue weighted by atomic mass is 10.1. The normalized spacial score (nSPS) is 12.8. The molecular weight excluding hydrogens is 1850 g/mol. The Balaban J connectivity index is 0.714. The van der Waals surface area contributed by atoms with Crippen molar-refractivity contribution in [1.82, 2.24) is 0 Å². The number of rotatable bonds is 40. The van der Waals surface area contributed by atoms with Crippen molar-refractivity contribution in [3.63, 3.8) is 0 Å². The van der Waals surface area contributed by atoms with Gasteiger partial charge in [0, 0.05) is 11.4 Å². The number of fused-ring (bicyclic) bond motifs is 2. The van der Waals surface area contributed by atoms with E-state index in [2.05, 4.69) is 108 Å². The van der Waals surface area contributed by atoms with Crippen molar-refractivity contribution < 1.29 is 147 Å². The zero-order valence-electron chi connectivity index (χ0n) is 61.2. The lowest BCUT2D eigenvalue weighted by Crippen LogP contribution is -2.12. The van der Waals surface area contributed by atoms with E-state index in [4.69, 9.17) is 40.9 Å². The van der Waals surface area contributed by atoms with Crippen LogP contribution in [0, 0.1) is 0 Å². The molecule has 124 heavy (non-hydrogen) atoms. The molecule has 650 valence electrons. The van der Waals surface area contributed by atoms with Crippen LogP contribution < -0.4 is 20.9 Å². The number of aromatic hydroxyl groups is 4. The van der Waals surface area contributed by atoms with Gasteiger partial charge in [0.2, 0.25) is 0 Å². The van der Waals surface area contributed by atoms with Gasteiger partial charge in [0.1, 0.15) is 44.0 Å². The second-order valence-electron chi connectivity index (χ2n) is 24.0. The quantitative estimate of drug-likeness (QED) is 0.00323. The van der Waals surface area contributed by atoms with E-state index >= 15 is 0 Å². The van der Waals surface area contributed by atoms with Crippen LogP contribution >= 0.6 is 48.7 Å². The summed E-state index contributed by atoms with van der Waals surface area (Å²) in [6.45, 7) is -0.731. The van der Waals surface area contributed by atoms with Crippen LogP contribution in [0.5, 0.6) is 23.0 Å². The smallest absolute Gasteiger partial charge is 0.296 e. The van der Waals surface area contributed by atoms with E-state index in [1.165, 1.54) is 127 Å². The zero-order chi connectivity index (χ0) is 89.3. The highest BCUT2D eigenvalue weighted by Gasteiger charge is 2.30. The van der Waals surface area contributed by atoms with Gasteiger partial charge in [0.15, 0.2) is 67.3 Å². The molecule has 0 aliphatic heterocycles. The Bertz CT molecular complexity index is 6750. The Morgan fingerprint density at radius 2 is 0.645 bits per heavy atom. The van der Waals surface area contributed by atoms with Gasteiger partial charge in [-0.1, -0.05) is 20.2 Å². The number of nitrogens with one attached hydrogen (secondary N) is 2. The second-order valence-corrected chi connectivity index (χ2v) is 36.9. The molecule has 11 aromatic carbocycles. The summed E-state index contributed by atoms with van der Waals surface area (Å²) in [6, 6.07) is 35.9. The zero-order valence-corrected chi connectivity index (χ0v) is 69.4. The highest BCUT2D eigenvalue weighted by molar-refractivity contribution is 7.95. The maximum Gasteiger partial charge on any atom is 0.296 e. The highest BCUT2D eigenvalue weighted by Crippen LogP contribution is 2.53. The summed E-state index contributed by atoms with van der Waals surface area (Å²) in [5.74, 6) is -3.82. The standard InChI is InChI=1S/C66H54N16O32S10/c67-57-55-35(31-51(115-111-107-87)60(65(55)85)77-71-39-9-17-45(18-10-39)119(91,92)29-27-105-117-113-109-89)33-53(123(99,100)101)62(57)79-73-41-13-21-47(22-14-41)121(95,96)81-43-5-1-37(2-6-43)69-75-49-25-26-50(83)59(64(49)84)76-70-38-3-7-44(8-4-38)82-122(97,98)48-23-15-42(16-24-48)74-80-63-54(124(102,103)104)34-36-32-52(116-112-108-88)61(66(86)56(36)58(63)68)78-72-40-11-19-46(20-12-40)120(93,94)30-28-106-118-114-110-90/h1-26,31-34,81-90H,27-30,67-68H2,(H,99,100,101)(H,102,103,104). The van der Waals surface area contributed by atoms with E-state index in [9.17, 15) is 80.0 Å². The molecule has 0 unspecified atom stereocenters. The molecule has 0 bridgehead atoms. The summed E-state index contributed by atoms with van der Waals surface area (Å²) in [5.41, 5.74) is 8.93. The van der Waals surface area contributed by atoms with Gasteiger partial charge in [-0.05, 0) is 193 Å². The van der Waals surface area contributed by atoms with E-state index < -0.39 is 144 Å². The number of hydrogen-bond donors (Lipinski definition) is 14. The average Bonchev–Trinajstić information content (AvgIpc) is 0.748. The summed E-state index contributed by atoms with van der Waals surface area (Å²) in [7, 11) is -26.9. The Hall–Kier alpha value is -11.6. The number of benzene rings is 11. The Kier molecular flexibility index (Phi) is 30.6. The molecule has 48 nitrogen and oxygen atoms in total. The summed E-state index contributed by atoms with van der Waals surface area (Å²) in [5, 5.41) is 140. The maximum absolute atomic E-state index is 13.6. The third-order valence-corrected chi connectivity index (χ3v) is 26.1. The number of nitrogen functional groups attached to an aromatic ring is 2. The molecule has 58 heteroatoms. The van der Waals surface area contributed by atoms with E-state index in [0.717, 1.165) is 54.6 Å². The fourth-order valence-corrected chi connectivity index (χ4v) is 17.8. The first-order chi connectivity index (χ1) is 59.0. The molecule has 0 saturated heterocycles. The number of anilines is 4. The van der Waals surface area contributed by atoms with Crippen molar-refractivity contribution in [1.29, 1.82) is 0 Å². The number of hydrogen-bond acceptors (Lipinski definition) is 48. The van der Waals surface area contributed by atoms with E-state index in [0.29, 0.717) is 0 Å². The van der Waals surface area contributed by atoms with Gasteiger partial charge in [0.25, 0.3) is 40.3 Å². The van der Waals surface area contributed by atoms with Gasteiger partial charge in [-0.15, -0.1) is 48.0 Å². The molecule has 0 amide bonds. The molecule has 0 aliphatic carbocycles. The minimum absolute atomic E-state index is 0.0184. The summed E-state index contributed by atoms with van der Waals surface area (Å²) >= 11 is 0.884. The van der Waals surface area contributed by atoms with E-state index in [1.807, 2.05) is 0 Å². The molecular formula is C66H54N16O32S10. The predicted octanol–water partition coefficient (Wildman–Crippen LogP) is 17.0. The van der Waals surface area contributed by atoms with Crippen molar-refractivity contribution in [2.45, 2.75) is 39.2 Å². The number of azo groups is 6. The van der Waals surface area contributed by atoms with Gasteiger partial charge in [-0.25, -0.2) is 54.7 Å². The maximum atomic E-state index is 13.6.